The Kier molecular flexibility index (Phi) is 5.93. The summed E-state index contributed by atoms with van der Waals surface area (Å²) >= 11 is 0. The van der Waals surface area contributed by atoms with Gasteiger partial charge in [0, 0.05) is 0 Å². The topological polar surface area (TPSA) is 92.4 Å². The van der Waals surface area contributed by atoms with Crippen LogP contribution in [0.25, 0.3) is 0 Å². The first-order valence-electron chi connectivity index (χ1n) is 5.25. The second-order valence-electron chi connectivity index (χ2n) is 3.71. The third kappa shape index (κ3) is 4.29. The first kappa shape index (κ1) is 13.9. The summed E-state index contributed by atoms with van der Waals surface area (Å²) in [4.78, 5) is 21.8. The molecule has 1 amide bonds. The maximum atomic E-state index is 11.2. The highest BCUT2D eigenvalue weighted by Gasteiger charge is 2.36. The van der Waals surface area contributed by atoms with E-state index in [4.69, 9.17) is 5.73 Å². The van der Waals surface area contributed by atoms with Crippen LogP contribution in [0.15, 0.2) is 0 Å². The maximum Gasteiger partial charge on any atom is 0.323 e. The Balaban J connectivity index is 4.61. The molecule has 0 aromatic rings. The van der Waals surface area contributed by atoms with Gasteiger partial charge in [0.05, 0.1) is 6.54 Å². The predicted octanol–water partition coefficient (Wildman–Crippen LogP) is 0.485. The van der Waals surface area contributed by atoms with Crippen molar-refractivity contribution in [2.45, 2.75) is 45.1 Å². The van der Waals surface area contributed by atoms with Crippen LogP contribution in [-0.2, 0) is 9.59 Å². The van der Waals surface area contributed by atoms with Crippen LogP contribution in [-0.4, -0.2) is 29.1 Å². The molecular formula is C10H20N2O3. The zero-order valence-electron chi connectivity index (χ0n) is 9.38. The van der Waals surface area contributed by atoms with E-state index in [0.29, 0.717) is 12.8 Å². The van der Waals surface area contributed by atoms with Crippen LogP contribution in [0, 0.1) is 0 Å². The van der Waals surface area contributed by atoms with Crippen LogP contribution >= 0.6 is 0 Å². The standard InChI is InChI=1S/C10H20N2O3/c1-3-5-10(6-4-2,9(14)15)12-7-8(11)13/h12H,3-7H2,1-2H3,(H2,11,13)(H,14,15). The Morgan fingerprint density at radius 2 is 1.73 bits per heavy atom. The first-order chi connectivity index (χ1) is 6.98. The van der Waals surface area contributed by atoms with Crippen LogP contribution in [0.2, 0.25) is 0 Å². The Hall–Kier alpha value is -1.10. The number of amides is 1. The molecule has 0 spiro atoms. The van der Waals surface area contributed by atoms with E-state index < -0.39 is 17.4 Å². The zero-order chi connectivity index (χ0) is 11.9. The van der Waals surface area contributed by atoms with Gasteiger partial charge in [-0.2, -0.15) is 0 Å². The normalized spacial score (nSPS) is 11.3. The van der Waals surface area contributed by atoms with Gasteiger partial charge in [0.25, 0.3) is 0 Å². The zero-order valence-corrected chi connectivity index (χ0v) is 9.38. The smallest absolute Gasteiger partial charge is 0.323 e. The highest BCUT2D eigenvalue weighted by molar-refractivity contribution is 5.81. The van der Waals surface area contributed by atoms with E-state index in [9.17, 15) is 14.7 Å². The van der Waals surface area contributed by atoms with Crippen molar-refractivity contribution >= 4 is 11.9 Å². The third-order valence-electron chi connectivity index (χ3n) is 2.36. The number of carbonyl (C=O) groups is 2. The summed E-state index contributed by atoms with van der Waals surface area (Å²) in [7, 11) is 0. The van der Waals surface area contributed by atoms with Crippen LogP contribution in [0.3, 0.4) is 0 Å². The molecule has 0 aliphatic carbocycles. The molecule has 0 aromatic carbocycles. The Morgan fingerprint density at radius 3 is 2.00 bits per heavy atom. The molecule has 0 aliphatic rings. The number of rotatable bonds is 8. The number of carbonyl (C=O) groups excluding carboxylic acids is 1. The lowest BCUT2D eigenvalue weighted by Gasteiger charge is -2.29. The lowest BCUT2D eigenvalue weighted by molar-refractivity contribution is -0.145. The minimum absolute atomic E-state index is 0.0910. The van der Waals surface area contributed by atoms with E-state index >= 15 is 0 Å². The molecule has 0 saturated heterocycles. The molecule has 0 aliphatic heterocycles. The van der Waals surface area contributed by atoms with Gasteiger partial charge in [0.2, 0.25) is 5.91 Å². The number of aliphatic carboxylic acids is 1. The highest BCUT2D eigenvalue weighted by atomic mass is 16.4. The van der Waals surface area contributed by atoms with Crippen molar-refractivity contribution in [2.24, 2.45) is 5.73 Å². The predicted molar refractivity (Wildman–Crippen MR) is 57.4 cm³/mol. The van der Waals surface area contributed by atoms with Gasteiger partial charge < -0.3 is 10.8 Å². The molecule has 88 valence electrons. The summed E-state index contributed by atoms with van der Waals surface area (Å²) in [5.74, 6) is -1.44. The summed E-state index contributed by atoms with van der Waals surface area (Å²) in [6.45, 7) is 3.74. The Labute approximate surface area is 90.0 Å². The van der Waals surface area contributed by atoms with E-state index in [1.165, 1.54) is 0 Å². The molecule has 4 N–H and O–H groups in total. The van der Waals surface area contributed by atoms with Crippen molar-refractivity contribution in [3.8, 4) is 0 Å². The number of hydrogen-bond donors (Lipinski definition) is 3. The summed E-state index contributed by atoms with van der Waals surface area (Å²) in [5.41, 5.74) is 4.00. The number of nitrogens with two attached hydrogens (primary N) is 1. The largest absolute Gasteiger partial charge is 0.480 e. The lowest BCUT2D eigenvalue weighted by Crippen LogP contribution is -2.54. The fraction of sp³-hybridized carbons (Fsp3) is 0.800. The van der Waals surface area contributed by atoms with Crippen LogP contribution in [0.1, 0.15) is 39.5 Å². The van der Waals surface area contributed by atoms with Crippen molar-refractivity contribution in [3.63, 3.8) is 0 Å². The van der Waals surface area contributed by atoms with E-state index in [2.05, 4.69) is 5.32 Å². The quantitative estimate of drug-likeness (QED) is 0.550. The highest BCUT2D eigenvalue weighted by Crippen LogP contribution is 2.19. The SMILES string of the molecule is CCCC(CCC)(NCC(N)=O)C(=O)O. The number of nitrogens with one attached hydrogen (secondary N) is 1. The van der Waals surface area contributed by atoms with E-state index in [0.717, 1.165) is 12.8 Å². The molecule has 0 heterocycles. The van der Waals surface area contributed by atoms with Crippen LogP contribution < -0.4 is 11.1 Å². The van der Waals surface area contributed by atoms with Crippen molar-refractivity contribution in [1.82, 2.24) is 5.32 Å². The molecule has 0 aromatic heterocycles. The van der Waals surface area contributed by atoms with Gasteiger partial charge in [0.1, 0.15) is 5.54 Å². The summed E-state index contributed by atoms with van der Waals surface area (Å²) < 4.78 is 0. The van der Waals surface area contributed by atoms with Crippen molar-refractivity contribution < 1.29 is 14.7 Å². The number of carboxylic acids is 1. The van der Waals surface area contributed by atoms with Gasteiger partial charge in [0.15, 0.2) is 0 Å². The number of hydrogen-bond acceptors (Lipinski definition) is 3. The van der Waals surface area contributed by atoms with Gasteiger partial charge in [-0.25, -0.2) is 0 Å². The molecule has 5 heteroatoms. The third-order valence-corrected chi connectivity index (χ3v) is 2.36. The molecule has 0 atom stereocenters. The number of primary amides is 1. The average Bonchev–Trinajstić information content (AvgIpc) is 2.14. The van der Waals surface area contributed by atoms with E-state index in [1.54, 1.807) is 0 Å². The van der Waals surface area contributed by atoms with Gasteiger partial charge >= 0.3 is 5.97 Å². The van der Waals surface area contributed by atoms with Gasteiger partial charge in [-0.3, -0.25) is 14.9 Å². The van der Waals surface area contributed by atoms with Gasteiger partial charge in [-0.15, -0.1) is 0 Å². The fourth-order valence-electron chi connectivity index (χ4n) is 1.70. The Bertz CT molecular complexity index is 223. The van der Waals surface area contributed by atoms with Crippen LogP contribution in [0.4, 0.5) is 0 Å². The van der Waals surface area contributed by atoms with Gasteiger partial charge in [-0.05, 0) is 12.8 Å². The molecule has 5 nitrogen and oxygen atoms in total. The second kappa shape index (κ2) is 6.40. The average molecular weight is 216 g/mol. The van der Waals surface area contributed by atoms with E-state index in [1.807, 2.05) is 13.8 Å². The van der Waals surface area contributed by atoms with Crippen LogP contribution in [0.5, 0.6) is 0 Å². The summed E-state index contributed by atoms with van der Waals surface area (Å²) in [5, 5.41) is 11.9. The molecule has 0 saturated carbocycles. The summed E-state index contributed by atoms with van der Waals surface area (Å²) in [6.07, 6.45) is 2.50. The molecule has 0 unspecified atom stereocenters. The molecule has 0 bridgehead atoms. The molecular weight excluding hydrogens is 196 g/mol. The molecule has 15 heavy (non-hydrogen) atoms. The Morgan fingerprint density at radius 1 is 1.27 bits per heavy atom. The van der Waals surface area contributed by atoms with E-state index in [-0.39, 0.29) is 6.54 Å². The number of carboxylic acid groups (broad SMARTS) is 1. The molecule has 0 fully saturated rings. The second-order valence-corrected chi connectivity index (χ2v) is 3.71. The summed E-state index contributed by atoms with van der Waals surface area (Å²) in [6, 6.07) is 0. The first-order valence-corrected chi connectivity index (χ1v) is 5.25. The minimum Gasteiger partial charge on any atom is -0.480 e. The van der Waals surface area contributed by atoms with Crippen molar-refractivity contribution in [3.05, 3.63) is 0 Å². The van der Waals surface area contributed by atoms with Crippen molar-refractivity contribution in [1.29, 1.82) is 0 Å². The fourth-order valence-corrected chi connectivity index (χ4v) is 1.70. The molecule has 0 rings (SSSR count). The van der Waals surface area contributed by atoms with Crippen molar-refractivity contribution in [2.75, 3.05) is 6.54 Å². The lowest BCUT2D eigenvalue weighted by atomic mass is 9.88. The molecule has 0 radical (unpaired) electrons. The monoisotopic (exact) mass is 216 g/mol. The van der Waals surface area contributed by atoms with Gasteiger partial charge in [-0.1, -0.05) is 26.7 Å². The maximum absolute atomic E-state index is 11.2. The minimum atomic E-state index is -1.00.